The van der Waals surface area contributed by atoms with Crippen LogP contribution in [0.1, 0.15) is 27.2 Å². The third kappa shape index (κ3) is 24.5. The summed E-state index contributed by atoms with van der Waals surface area (Å²) >= 11 is 0. The van der Waals surface area contributed by atoms with Gasteiger partial charge < -0.3 is 270 Å². The van der Waals surface area contributed by atoms with E-state index in [9.17, 15) is 187 Å². The Labute approximate surface area is 734 Å². The third-order valence-corrected chi connectivity index (χ3v) is 23.2. The van der Waals surface area contributed by atoms with Gasteiger partial charge in [-0.05, 0) is 0 Å². The lowest BCUT2D eigenvalue weighted by atomic mass is 9.88. The second kappa shape index (κ2) is 48.1. The maximum absolute atomic E-state index is 13.3. The molecule has 9 aliphatic rings. The average Bonchev–Trinajstić information content (AvgIpc) is 0.749. The van der Waals surface area contributed by atoms with Crippen LogP contribution in [0.25, 0.3) is 0 Å². The Hall–Kier alpha value is -4.61. The van der Waals surface area contributed by atoms with Crippen molar-refractivity contribution in [1.29, 1.82) is 0 Å². The highest BCUT2D eigenvalue weighted by Crippen LogP contribution is 2.42. The van der Waals surface area contributed by atoms with Gasteiger partial charge in [0.2, 0.25) is 23.6 Å². The van der Waals surface area contributed by atoms with Crippen LogP contribution in [0, 0.1) is 0 Å². The van der Waals surface area contributed by atoms with Crippen LogP contribution < -0.4 is 21.3 Å². The van der Waals surface area contributed by atoms with Gasteiger partial charge in [0.25, 0.3) is 5.79 Å². The van der Waals surface area contributed by atoms with Crippen molar-refractivity contribution in [2.75, 3.05) is 79.3 Å². The van der Waals surface area contributed by atoms with E-state index in [1.807, 2.05) is 5.32 Å². The fraction of sp³-hybridized carbons (Fsp3) is 0.930. The standard InChI is InChI=1S/C71H120N4O55/c1-17(86)72-20(5-76)36(93)54(23(91)7-78)123-62-34(73-18(2)87)44(101)55(28(12-83)119-62)124-67-52(109)59(43(100)31(122-67)16-114-65-51(108)58(126-66-50(107)47(104)39(96)25(9-80)116-66)42(99)30(121-65)15-113-64-49(106)46(103)38(95)24(8-79)115-64)127-69-61(48(105)40(97)26(10-81)118-69)128-63-35(74-19(3)88)45(102)56(29(13-84)120-63)125-68-53(110)60(41(98)27(11-82)117-68)130-71(70(111)112)4-21(89)33(75-32(92)14-85)57(129-71)37(94)22(90)6-77/h20-31,33-69,76-85,89-91,93-110H,4-16H2,1-3H3,(H,72,86)(H,73,87)(H,74,88)(H,75,92)(H,111,112)/t20-,21-,22+,23+,24+,25+,26+,27+,28+,29+,30+,31+,33+,34+,35+,36+,37+,38+,39+,40+,41-,42+,43+,44+,45+,46-,47-,48-,49-,50-,51-,52-,53+,54+,55+,56+,57+,58-,59-,60-,61-,62-,63-,64-,65-,66+,67-,68-,69+,71-/m0/s1. The number of rotatable bonds is 40. The average molecular weight is 1910 g/mol. The molecule has 754 valence electrons. The molecular weight excluding hydrogens is 1790 g/mol. The summed E-state index contributed by atoms with van der Waals surface area (Å²) in [7, 11) is 0. The van der Waals surface area contributed by atoms with Gasteiger partial charge in [0.05, 0.1) is 90.9 Å². The Kier molecular flexibility index (Phi) is 40.4. The van der Waals surface area contributed by atoms with E-state index in [2.05, 4.69) is 16.0 Å². The maximum Gasteiger partial charge on any atom is 0.364 e. The van der Waals surface area contributed by atoms with E-state index in [1.54, 1.807) is 0 Å². The quantitative estimate of drug-likeness (QED) is 0.0271. The predicted octanol–water partition coefficient (Wildman–Crippen LogP) is -24.4. The van der Waals surface area contributed by atoms with E-state index in [-0.39, 0.29) is 0 Å². The van der Waals surface area contributed by atoms with Crippen molar-refractivity contribution in [2.45, 2.75) is 333 Å². The number of carbonyl (C=O) groups excluding carboxylic acids is 4. The minimum Gasteiger partial charge on any atom is -0.477 e. The summed E-state index contributed by atoms with van der Waals surface area (Å²) in [6.45, 7) is -11.8. The maximum atomic E-state index is 13.3. The normalized spacial score (nSPS) is 45.3. The summed E-state index contributed by atoms with van der Waals surface area (Å²) in [6, 6.07) is -7.85. The summed E-state index contributed by atoms with van der Waals surface area (Å²) in [4.78, 5) is 64.1. The number of carbonyl (C=O) groups is 5. The molecule has 9 saturated heterocycles. The van der Waals surface area contributed by atoms with Gasteiger partial charge >= 0.3 is 5.97 Å². The first-order valence-electron chi connectivity index (χ1n) is 40.9. The van der Waals surface area contributed by atoms with Crippen molar-refractivity contribution in [2.24, 2.45) is 0 Å². The zero-order chi connectivity index (χ0) is 96.4. The summed E-state index contributed by atoms with van der Waals surface area (Å²) in [5, 5.41) is 363. The highest BCUT2D eigenvalue weighted by molar-refractivity contribution is 5.78. The molecule has 0 unspecified atom stereocenters. The van der Waals surface area contributed by atoms with E-state index in [0.29, 0.717) is 0 Å². The van der Waals surface area contributed by atoms with Gasteiger partial charge in [-0.2, -0.15) is 0 Å². The molecule has 59 nitrogen and oxygen atoms in total. The first-order chi connectivity index (χ1) is 61.4. The monoisotopic (exact) mass is 1910 g/mol. The lowest BCUT2D eigenvalue weighted by molar-refractivity contribution is -0.400. The van der Waals surface area contributed by atoms with Crippen molar-refractivity contribution in [3.63, 3.8) is 0 Å². The fourth-order valence-corrected chi connectivity index (χ4v) is 16.1. The molecule has 0 aromatic heterocycles. The van der Waals surface area contributed by atoms with Gasteiger partial charge in [-0.15, -0.1) is 0 Å². The largest absolute Gasteiger partial charge is 0.477 e. The number of aliphatic hydroxyl groups excluding tert-OH is 31. The number of aliphatic hydroxyl groups is 31. The van der Waals surface area contributed by atoms with E-state index in [1.165, 1.54) is 0 Å². The van der Waals surface area contributed by atoms with Crippen LogP contribution >= 0.6 is 0 Å². The van der Waals surface area contributed by atoms with E-state index < -0.39 is 421 Å². The Morgan fingerprint density at radius 2 is 0.738 bits per heavy atom. The van der Waals surface area contributed by atoms with Crippen molar-refractivity contribution >= 4 is 29.6 Å². The summed E-state index contributed by atoms with van der Waals surface area (Å²) in [5.74, 6) is -9.85. The number of amides is 4. The Morgan fingerprint density at radius 3 is 1.20 bits per heavy atom. The molecule has 50 atom stereocenters. The van der Waals surface area contributed by atoms with Crippen molar-refractivity contribution in [3.8, 4) is 0 Å². The van der Waals surface area contributed by atoms with Gasteiger partial charge in [-0.1, -0.05) is 0 Å². The first kappa shape index (κ1) is 109. The van der Waals surface area contributed by atoms with Crippen LogP contribution in [0.2, 0.25) is 0 Å². The van der Waals surface area contributed by atoms with Crippen LogP contribution in [0.5, 0.6) is 0 Å². The van der Waals surface area contributed by atoms with Crippen LogP contribution in [0.15, 0.2) is 0 Å². The predicted molar refractivity (Wildman–Crippen MR) is 397 cm³/mol. The molecule has 9 rings (SSSR count). The fourth-order valence-electron chi connectivity index (χ4n) is 16.1. The highest BCUT2D eigenvalue weighted by atomic mass is 16.8. The smallest absolute Gasteiger partial charge is 0.364 e. The summed E-state index contributed by atoms with van der Waals surface area (Å²) in [5.41, 5.74) is 0. The molecule has 9 heterocycles. The van der Waals surface area contributed by atoms with Crippen molar-refractivity contribution in [3.05, 3.63) is 0 Å². The topological polar surface area (TPSA) is 947 Å². The minimum atomic E-state index is -3.40. The highest BCUT2D eigenvalue weighted by Gasteiger charge is 2.64. The summed E-state index contributed by atoms with van der Waals surface area (Å²) in [6.07, 6.45) is -103. The number of ether oxygens (including phenoxy) is 18. The van der Waals surface area contributed by atoms with Gasteiger partial charge in [-0.3, -0.25) is 19.2 Å². The van der Waals surface area contributed by atoms with Crippen LogP contribution in [-0.4, -0.2) is 578 Å². The van der Waals surface area contributed by atoms with E-state index >= 15 is 0 Å². The molecule has 0 aliphatic carbocycles. The van der Waals surface area contributed by atoms with Crippen molar-refractivity contribution in [1.82, 2.24) is 21.3 Å². The summed E-state index contributed by atoms with van der Waals surface area (Å²) < 4.78 is 106. The molecule has 130 heavy (non-hydrogen) atoms. The number of carboxylic acid groups (broad SMARTS) is 1. The molecule has 0 spiro atoms. The van der Waals surface area contributed by atoms with Gasteiger partial charge in [0, 0.05) is 27.2 Å². The number of hydrogen-bond acceptors (Lipinski definition) is 54. The van der Waals surface area contributed by atoms with Gasteiger partial charge in [-0.25, -0.2) is 4.79 Å². The van der Waals surface area contributed by atoms with Gasteiger partial charge in [0.15, 0.2) is 50.3 Å². The molecule has 4 amide bonds. The molecule has 59 heteroatoms. The Morgan fingerprint density at radius 1 is 0.362 bits per heavy atom. The first-order valence-corrected chi connectivity index (χ1v) is 40.9. The van der Waals surface area contributed by atoms with Crippen LogP contribution in [0.4, 0.5) is 0 Å². The Balaban J connectivity index is 1.06. The molecule has 0 radical (unpaired) electrons. The molecule has 0 aromatic rings. The SMILES string of the molecule is CC(=O)N[C@H]1[C@H](O[C@@H]([C@H](O)[C@H](CO)NC(C)=O)[C@H](O)CO)O[C@H](CO)[C@@H](O[C@@H]2O[C@H](CO[C@H]3O[C@H](CO[C@H]4O[C@H](CO)[C@@H](O)[C@H](O)[C@@H]4O)[C@@H](O)[C@H](O[C@H]4O[C@H](CO)[C@@H](O)[C@H](O)[C@@H]4O)[C@@H]3O)[C@@H](O)[C@H](O[C@H]3O[C@H](CO)[C@@H](O)[C@H](O)[C@@H]3O[C@@H]3O[C@H](CO)[C@@H](O[C@@H]4O[C@H](CO)[C@H](O)[C@H](O[C@]5(C(=O)O)C[C@H](O)[C@@H](NC(=O)CO)[C@H]([C@H](O)[C@H](O)CO)O5)[C@H]4O)[C@H](O)[C@H]3NC(C)=O)[C@@H]2O)[C@@H]1O. The molecule has 9 aliphatic heterocycles. The number of carboxylic acids is 1. The lowest BCUT2D eigenvalue weighted by Gasteiger charge is -2.51. The van der Waals surface area contributed by atoms with Crippen molar-refractivity contribution < 1.29 is 273 Å². The molecule has 0 aromatic carbocycles. The van der Waals surface area contributed by atoms with Gasteiger partial charge in [0.1, 0.15) is 238 Å². The molecular formula is C71H120N4O55. The molecule has 9 fully saturated rings. The van der Waals surface area contributed by atoms with Crippen LogP contribution in [-0.2, 0) is 109 Å². The van der Waals surface area contributed by atoms with E-state index in [0.717, 1.165) is 20.8 Å². The second-order valence-corrected chi connectivity index (χ2v) is 32.2. The zero-order valence-electron chi connectivity index (χ0n) is 69.2. The third-order valence-electron chi connectivity index (χ3n) is 23.2. The lowest BCUT2D eigenvalue weighted by Crippen LogP contribution is -2.71. The number of aliphatic carboxylic acids is 1. The molecule has 0 bridgehead atoms. The number of nitrogens with one attached hydrogen (secondary N) is 4. The number of hydrogen-bond donors (Lipinski definition) is 36. The Bertz CT molecular complexity index is 3510. The second-order valence-electron chi connectivity index (χ2n) is 32.2. The molecule has 0 saturated carbocycles. The zero-order valence-corrected chi connectivity index (χ0v) is 69.2. The van der Waals surface area contributed by atoms with E-state index in [4.69, 9.17) is 85.3 Å². The minimum absolute atomic E-state index is 0.833. The van der Waals surface area contributed by atoms with Crippen LogP contribution in [0.3, 0.4) is 0 Å². The molecule has 36 N–H and O–H groups in total.